The first-order valence-electron chi connectivity index (χ1n) is 8.72. The molecule has 0 spiro atoms. The molecule has 0 fully saturated rings. The molecule has 0 N–H and O–H groups in total. The molecule has 0 saturated heterocycles. The molecule has 0 aliphatic rings. The largest absolute Gasteiger partial charge is 0.463 e. The fourth-order valence-corrected chi connectivity index (χ4v) is 2.64. The number of benzene rings is 2. The summed E-state index contributed by atoms with van der Waals surface area (Å²) in [6, 6.07) is 17.3. The maximum Gasteiger partial charge on any atom is 0.330 e. The Morgan fingerprint density at radius 3 is 2.67 bits per heavy atom. The van der Waals surface area contributed by atoms with Gasteiger partial charge in [-0.25, -0.2) is 9.48 Å². The molecular weight excluding hydrogens is 362 g/mol. The van der Waals surface area contributed by atoms with E-state index in [4.69, 9.17) is 16.3 Å². The lowest BCUT2D eigenvalue weighted by Gasteiger charge is -2.01. The molecule has 0 aliphatic carbocycles. The molecular formula is C21H20ClN3O2. The summed E-state index contributed by atoms with van der Waals surface area (Å²) in [6.45, 7) is 0.992. The van der Waals surface area contributed by atoms with Crippen LogP contribution in [0.1, 0.15) is 23.2 Å². The SMILES string of the molecule is O=C(/C=C/c1ccccc1)OCCCc1cn(Cc2ccc(Cl)cc2)nn1. The molecule has 3 aromatic rings. The number of hydrogen-bond donors (Lipinski definition) is 0. The van der Waals surface area contributed by atoms with Crippen LogP contribution in [0.2, 0.25) is 5.02 Å². The summed E-state index contributed by atoms with van der Waals surface area (Å²) in [5.74, 6) is -0.342. The van der Waals surface area contributed by atoms with E-state index in [0.717, 1.165) is 16.8 Å². The van der Waals surface area contributed by atoms with Gasteiger partial charge in [-0.05, 0) is 42.2 Å². The molecule has 138 valence electrons. The van der Waals surface area contributed by atoms with Crippen LogP contribution in [-0.4, -0.2) is 27.6 Å². The van der Waals surface area contributed by atoms with Gasteiger partial charge >= 0.3 is 5.97 Å². The Morgan fingerprint density at radius 2 is 1.89 bits per heavy atom. The molecule has 0 aliphatic heterocycles. The minimum Gasteiger partial charge on any atom is -0.463 e. The number of ether oxygens (including phenoxy) is 1. The summed E-state index contributed by atoms with van der Waals surface area (Å²) in [6.07, 6.45) is 6.50. The Labute approximate surface area is 163 Å². The first-order valence-corrected chi connectivity index (χ1v) is 9.10. The van der Waals surface area contributed by atoms with E-state index < -0.39 is 0 Å². The van der Waals surface area contributed by atoms with Crippen LogP contribution in [0.25, 0.3) is 6.08 Å². The van der Waals surface area contributed by atoms with Crippen molar-refractivity contribution in [3.63, 3.8) is 0 Å². The second-order valence-electron chi connectivity index (χ2n) is 6.05. The number of carbonyl (C=O) groups excluding carboxylic acids is 1. The van der Waals surface area contributed by atoms with Crippen molar-refractivity contribution < 1.29 is 9.53 Å². The van der Waals surface area contributed by atoms with Crippen LogP contribution in [0.4, 0.5) is 0 Å². The Kier molecular flexibility index (Phi) is 6.77. The minimum absolute atomic E-state index is 0.342. The first-order chi connectivity index (χ1) is 13.2. The van der Waals surface area contributed by atoms with Crippen LogP contribution >= 0.6 is 11.6 Å². The zero-order valence-corrected chi connectivity index (χ0v) is 15.5. The topological polar surface area (TPSA) is 57.0 Å². The highest BCUT2D eigenvalue weighted by atomic mass is 35.5. The van der Waals surface area contributed by atoms with Crippen molar-refractivity contribution in [1.29, 1.82) is 0 Å². The van der Waals surface area contributed by atoms with Crippen LogP contribution in [0.3, 0.4) is 0 Å². The van der Waals surface area contributed by atoms with Gasteiger partial charge in [-0.15, -0.1) is 5.10 Å². The quantitative estimate of drug-likeness (QED) is 0.334. The lowest BCUT2D eigenvalue weighted by atomic mass is 10.2. The van der Waals surface area contributed by atoms with E-state index in [1.165, 1.54) is 6.08 Å². The van der Waals surface area contributed by atoms with Crippen LogP contribution < -0.4 is 0 Å². The van der Waals surface area contributed by atoms with Gasteiger partial charge in [-0.1, -0.05) is 59.3 Å². The summed E-state index contributed by atoms with van der Waals surface area (Å²) in [7, 11) is 0. The number of halogens is 1. The molecule has 0 amide bonds. The van der Waals surface area contributed by atoms with E-state index in [0.29, 0.717) is 31.0 Å². The molecule has 6 heteroatoms. The van der Waals surface area contributed by atoms with Crippen molar-refractivity contribution >= 4 is 23.6 Å². The van der Waals surface area contributed by atoms with Crippen molar-refractivity contribution in [1.82, 2.24) is 15.0 Å². The fourth-order valence-electron chi connectivity index (χ4n) is 2.51. The van der Waals surface area contributed by atoms with E-state index in [1.807, 2.05) is 60.8 Å². The third kappa shape index (κ3) is 6.38. The maximum absolute atomic E-state index is 11.7. The Bertz CT molecular complexity index is 889. The Balaban J connectivity index is 1.38. The lowest BCUT2D eigenvalue weighted by molar-refractivity contribution is -0.137. The normalized spacial score (nSPS) is 11.0. The van der Waals surface area contributed by atoms with E-state index in [9.17, 15) is 4.79 Å². The number of hydrogen-bond acceptors (Lipinski definition) is 4. The predicted octanol–water partition coefficient (Wildman–Crippen LogP) is 4.17. The molecule has 0 saturated carbocycles. The van der Waals surface area contributed by atoms with Crippen molar-refractivity contribution in [2.45, 2.75) is 19.4 Å². The molecule has 0 radical (unpaired) electrons. The highest BCUT2D eigenvalue weighted by Gasteiger charge is 2.03. The standard InChI is InChI=1S/C21H20ClN3O2/c22-19-11-8-18(9-12-19)15-25-16-20(23-24-25)7-4-14-27-21(26)13-10-17-5-2-1-3-6-17/h1-3,5-6,8-13,16H,4,7,14-15H2/b13-10+. The van der Waals surface area contributed by atoms with Crippen molar-refractivity contribution in [2.24, 2.45) is 0 Å². The summed E-state index contributed by atoms with van der Waals surface area (Å²) < 4.78 is 6.99. The van der Waals surface area contributed by atoms with Gasteiger partial charge in [0.1, 0.15) is 0 Å². The summed E-state index contributed by atoms with van der Waals surface area (Å²) in [5.41, 5.74) is 2.95. The first kappa shape index (κ1) is 18.9. The molecule has 2 aromatic carbocycles. The summed E-state index contributed by atoms with van der Waals surface area (Å²) >= 11 is 5.89. The van der Waals surface area contributed by atoms with Gasteiger partial charge < -0.3 is 4.74 Å². The second-order valence-corrected chi connectivity index (χ2v) is 6.49. The van der Waals surface area contributed by atoms with Crippen molar-refractivity contribution in [2.75, 3.05) is 6.61 Å². The predicted molar refractivity (Wildman–Crippen MR) is 105 cm³/mol. The molecule has 0 bridgehead atoms. The Hall–Kier alpha value is -2.92. The second kappa shape index (κ2) is 9.69. The highest BCUT2D eigenvalue weighted by molar-refractivity contribution is 6.30. The third-order valence-electron chi connectivity index (χ3n) is 3.88. The van der Waals surface area contributed by atoms with Gasteiger partial charge in [0.25, 0.3) is 0 Å². The fraction of sp³-hybridized carbons (Fsp3) is 0.190. The van der Waals surface area contributed by atoms with Crippen LogP contribution in [0.5, 0.6) is 0 Å². The van der Waals surface area contributed by atoms with Gasteiger partial charge in [-0.2, -0.15) is 0 Å². The highest BCUT2D eigenvalue weighted by Crippen LogP contribution is 2.10. The van der Waals surface area contributed by atoms with Gasteiger partial charge in [0, 0.05) is 17.3 Å². The molecule has 5 nitrogen and oxygen atoms in total. The van der Waals surface area contributed by atoms with E-state index in [1.54, 1.807) is 10.8 Å². The van der Waals surface area contributed by atoms with E-state index >= 15 is 0 Å². The number of rotatable bonds is 8. The molecule has 27 heavy (non-hydrogen) atoms. The van der Waals surface area contributed by atoms with Crippen LogP contribution in [0, 0.1) is 0 Å². The average Bonchev–Trinajstić information content (AvgIpc) is 3.13. The number of nitrogens with zero attached hydrogens (tertiary/aromatic N) is 3. The zero-order valence-electron chi connectivity index (χ0n) is 14.8. The van der Waals surface area contributed by atoms with Gasteiger partial charge in [-0.3, -0.25) is 0 Å². The number of carbonyl (C=O) groups is 1. The monoisotopic (exact) mass is 381 g/mol. The van der Waals surface area contributed by atoms with Gasteiger partial charge in [0.2, 0.25) is 0 Å². The molecule has 0 unspecified atom stereocenters. The number of aromatic nitrogens is 3. The lowest BCUT2D eigenvalue weighted by Crippen LogP contribution is -2.03. The molecule has 1 aromatic heterocycles. The van der Waals surface area contributed by atoms with Crippen molar-refractivity contribution in [3.8, 4) is 0 Å². The van der Waals surface area contributed by atoms with E-state index in [-0.39, 0.29) is 5.97 Å². The Morgan fingerprint density at radius 1 is 1.11 bits per heavy atom. The molecule has 3 rings (SSSR count). The average molecular weight is 382 g/mol. The third-order valence-corrected chi connectivity index (χ3v) is 4.13. The summed E-state index contributed by atoms with van der Waals surface area (Å²) in [4.78, 5) is 11.7. The van der Waals surface area contributed by atoms with Crippen LogP contribution in [-0.2, 0) is 22.5 Å². The van der Waals surface area contributed by atoms with Gasteiger partial charge in [0.05, 0.1) is 18.8 Å². The number of aryl methyl sites for hydroxylation is 1. The summed E-state index contributed by atoms with van der Waals surface area (Å²) in [5, 5.41) is 8.99. The molecule has 1 heterocycles. The molecule has 0 atom stereocenters. The number of esters is 1. The van der Waals surface area contributed by atoms with Crippen molar-refractivity contribution in [3.05, 3.63) is 88.7 Å². The minimum atomic E-state index is -0.342. The van der Waals surface area contributed by atoms with E-state index in [2.05, 4.69) is 10.3 Å². The van der Waals surface area contributed by atoms with Crippen LogP contribution in [0.15, 0.2) is 66.9 Å². The zero-order chi connectivity index (χ0) is 18.9. The van der Waals surface area contributed by atoms with Gasteiger partial charge in [0.15, 0.2) is 0 Å². The smallest absolute Gasteiger partial charge is 0.330 e. The maximum atomic E-state index is 11.7.